The number of rotatable bonds is 3. The van der Waals surface area contributed by atoms with Crippen LogP contribution in [-0.4, -0.2) is 5.91 Å². The van der Waals surface area contributed by atoms with Crippen molar-refractivity contribution < 1.29 is 4.79 Å². The number of nitrogens with one attached hydrogen (secondary N) is 1. The van der Waals surface area contributed by atoms with E-state index in [2.05, 4.69) is 17.4 Å². The molecule has 2 atom stereocenters. The Bertz CT molecular complexity index is 642. The molecule has 0 unspecified atom stereocenters. The van der Waals surface area contributed by atoms with Crippen LogP contribution in [0.5, 0.6) is 0 Å². The van der Waals surface area contributed by atoms with Gasteiger partial charge in [-0.15, -0.1) is 0 Å². The highest BCUT2D eigenvalue weighted by Gasteiger charge is 2.43. The van der Waals surface area contributed by atoms with E-state index in [1.807, 2.05) is 18.2 Å². The molecule has 2 aromatic rings. The summed E-state index contributed by atoms with van der Waals surface area (Å²) in [7, 11) is 0. The Kier molecular flexibility index (Phi) is 3.68. The van der Waals surface area contributed by atoms with Gasteiger partial charge in [-0.1, -0.05) is 53.5 Å². The summed E-state index contributed by atoms with van der Waals surface area (Å²) in [5, 5.41) is 3.91. The summed E-state index contributed by atoms with van der Waals surface area (Å²) in [6.45, 7) is 0. The van der Waals surface area contributed by atoms with Crippen LogP contribution in [0.15, 0.2) is 48.5 Å². The minimum atomic E-state index is 0.00280. The van der Waals surface area contributed by atoms with Gasteiger partial charge in [0.15, 0.2) is 0 Å². The second-order valence-corrected chi connectivity index (χ2v) is 5.82. The van der Waals surface area contributed by atoms with Crippen LogP contribution in [-0.2, 0) is 4.79 Å². The summed E-state index contributed by atoms with van der Waals surface area (Å²) >= 11 is 12.0. The number of amides is 1. The average molecular weight is 306 g/mol. The normalized spacial score (nSPS) is 20.5. The minimum absolute atomic E-state index is 0.00280. The lowest BCUT2D eigenvalue weighted by atomic mass is 10.1. The zero-order chi connectivity index (χ0) is 14.1. The number of halogens is 2. The van der Waals surface area contributed by atoms with Gasteiger partial charge in [0.1, 0.15) is 0 Å². The van der Waals surface area contributed by atoms with Gasteiger partial charge < -0.3 is 5.32 Å². The van der Waals surface area contributed by atoms with Crippen LogP contribution in [0, 0.1) is 5.92 Å². The molecular formula is C16H13Cl2NO. The first-order valence-corrected chi connectivity index (χ1v) is 7.21. The second kappa shape index (κ2) is 5.47. The summed E-state index contributed by atoms with van der Waals surface area (Å²) in [5.41, 5.74) is 1.78. The molecule has 0 spiro atoms. The highest BCUT2D eigenvalue weighted by molar-refractivity contribution is 6.35. The maximum atomic E-state index is 12.2. The number of anilines is 1. The van der Waals surface area contributed by atoms with Crippen LogP contribution in [0.4, 0.5) is 5.69 Å². The molecule has 4 heteroatoms. The van der Waals surface area contributed by atoms with Crippen LogP contribution >= 0.6 is 23.2 Å². The molecule has 1 N–H and O–H groups in total. The van der Waals surface area contributed by atoms with E-state index in [9.17, 15) is 4.79 Å². The van der Waals surface area contributed by atoms with Gasteiger partial charge in [0.2, 0.25) is 5.91 Å². The monoisotopic (exact) mass is 305 g/mol. The first-order chi connectivity index (χ1) is 9.65. The number of hydrogen-bond acceptors (Lipinski definition) is 1. The van der Waals surface area contributed by atoms with Gasteiger partial charge in [0.25, 0.3) is 0 Å². The van der Waals surface area contributed by atoms with E-state index in [4.69, 9.17) is 23.2 Å². The van der Waals surface area contributed by atoms with Gasteiger partial charge in [0.05, 0.1) is 10.7 Å². The Morgan fingerprint density at radius 3 is 2.60 bits per heavy atom. The van der Waals surface area contributed by atoms with Gasteiger partial charge >= 0.3 is 0 Å². The predicted molar refractivity (Wildman–Crippen MR) is 82.4 cm³/mol. The molecule has 20 heavy (non-hydrogen) atoms. The fourth-order valence-electron chi connectivity index (χ4n) is 2.37. The lowest BCUT2D eigenvalue weighted by molar-refractivity contribution is -0.117. The molecule has 0 heterocycles. The van der Waals surface area contributed by atoms with E-state index in [-0.39, 0.29) is 11.8 Å². The van der Waals surface area contributed by atoms with Crippen molar-refractivity contribution in [2.75, 3.05) is 5.32 Å². The maximum absolute atomic E-state index is 12.2. The third kappa shape index (κ3) is 2.82. The molecule has 0 bridgehead atoms. The lowest BCUT2D eigenvalue weighted by Crippen LogP contribution is -2.14. The SMILES string of the molecule is O=C(Nc1cc(Cl)ccc1Cl)[C@H]1C[C@H]1c1ccccc1. The van der Waals surface area contributed by atoms with Gasteiger partial charge in [-0.05, 0) is 36.1 Å². The van der Waals surface area contributed by atoms with Crippen LogP contribution in [0.25, 0.3) is 0 Å². The third-order valence-corrected chi connectivity index (χ3v) is 4.11. The minimum Gasteiger partial charge on any atom is -0.324 e. The van der Waals surface area contributed by atoms with Crippen molar-refractivity contribution in [3.05, 3.63) is 64.1 Å². The van der Waals surface area contributed by atoms with Crippen LogP contribution < -0.4 is 5.32 Å². The predicted octanol–water partition coefficient (Wildman–Crippen LogP) is 4.74. The van der Waals surface area contributed by atoms with E-state index in [0.29, 0.717) is 21.7 Å². The van der Waals surface area contributed by atoms with Crippen molar-refractivity contribution in [2.45, 2.75) is 12.3 Å². The Labute approximate surface area is 127 Å². The molecule has 102 valence electrons. The Balaban J connectivity index is 1.68. The molecule has 1 aliphatic rings. The van der Waals surface area contributed by atoms with Crippen molar-refractivity contribution >= 4 is 34.8 Å². The average Bonchev–Trinajstić information content (AvgIpc) is 3.24. The second-order valence-electron chi connectivity index (χ2n) is 4.97. The number of carbonyl (C=O) groups excluding carboxylic acids is 1. The lowest BCUT2D eigenvalue weighted by Gasteiger charge is -2.07. The topological polar surface area (TPSA) is 29.1 Å². The number of benzene rings is 2. The standard InChI is InChI=1S/C16H13Cl2NO/c17-11-6-7-14(18)15(8-11)19-16(20)13-9-12(13)10-4-2-1-3-5-10/h1-8,12-13H,9H2,(H,19,20)/t12-,13-/m0/s1. The number of carbonyl (C=O) groups is 1. The molecule has 1 saturated carbocycles. The highest BCUT2D eigenvalue weighted by Crippen LogP contribution is 2.48. The van der Waals surface area contributed by atoms with Crippen molar-refractivity contribution in [3.63, 3.8) is 0 Å². The molecular weight excluding hydrogens is 293 g/mol. The van der Waals surface area contributed by atoms with Gasteiger partial charge in [-0.3, -0.25) is 4.79 Å². The molecule has 0 saturated heterocycles. The van der Waals surface area contributed by atoms with E-state index in [1.165, 1.54) is 5.56 Å². The molecule has 1 aliphatic carbocycles. The van der Waals surface area contributed by atoms with E-state index < -0.39 is 0 Å². The van der Waals surface area contributed by atoms with E-state index in [0.717, 1.165) is 6.42 Å². The first-order valence-electron chi connectivity index (χ1n) is 6.46. The molecule has 1 amide bonds. The summed E-state index contributed by atoms with van der Waals surface area (Å²) in [5.74, 6) is 0.338. The largest absolute Gasteiger partial charge is 0.324 e. The van der Waals surface area contributed by atoms with Crippen LogP contribution in [0.3, 0.4) is 0 Å². The van der Waals surface area contributed by atoms with Crippen LogP contribution in [0.2, 0.25) is 10.0 Å². The Hall–Kier alpha value is -1.51. The van der Waals surface area contributed by atoms with E-state index in [1.54, 1.807) is 18.2 Å². The van der Waals surface area contributed by atoms with Crippen LogP contribution in [0.1, 0.15) is 17.9 Å². The fourth-order valence-corrected chi connectivity index (χ4v) is 2.71. The van der Waals surface area contributed by atoms with Crippen molar-refractivity contribution in [2.24, 2.45) is 5.92 Å². The third-order valence-electron chi connectivity index (χ3n) is 3.54. The molecule has 0 aliphatic heterocycles. The Morgan fingerprint density at radius 1 is 1.10 bits per heavy atom. The number of hydrogen-bond donors (Lipinski definition) is 1. The summed E-state index contributed by atoms with van der Waals surface area (Å²) in [6.07, 6.45) is 0.883. The van der Waals surface area contributed by atoms with E-state index >= 15 is 0 Å². The molecule has 1 fully saturated rings. The maximum Gasteiger partial charge on any atom is 0.228 e. The zero-order valence-corrected chi connectivity index (χ0v) is 12.2. The molecule has 2 nitrogen and oxygen atoms in total. The van der Waals surface area contributed by atoms with Gasteiger partial charge in [-0.2, -0.15) is 0 Å². The van der Waals surface area contributed by atoms with Crippen molar-refractivity contribution in [3.8, 4) is 0 Å². The molecule has 0 radical (unpaired) electrons. The van der Waals surface area contributed by atoms with Gasteiger partial charge in [0, 0.05) is 10.9 Å². The summed E-state index contributed by atoms with van der Waals surface area (Å²) < 4.78 is 0. The fraction of sp³-hybridized carbons (Fsp3) is 0.188. The smallest absolute Gasteiger partial charge is 0.228 e. The molecule has 2 aromatic carbocycles. The van der Waals surface area contributed by atoms with Crippen molar-refractivity contribution in [1.82, 2.24) is 0 Å². The van der Waals surface area contributed by atoms with Crippen molar-refractivity contribution in [1.29, 1.82) is 0 Å². The molecule has 0 aromatic heterocycles. The van der Waals surface area contributed by atoms with Gasteiger partial charge in [-0.25, -0.2) is 0 Å². The first kappa shape index (κ1) is 13.5. The highest BCUT2D eigenvalue weighted by atomic mass is 35.5. The quantitative estimate of drug-likeness (QED) is 0.872. The summed E-state index contributed by atoms with van der Waals surface area (Å²) in [6, 6.07) is 15.1. The Morgan fingerprint density at radius 2 is 1.85 bits per heavy atom. The zero-order valence-electron chi connectivity index (χ0n) is 10.6. The summed E-state index contributed by atoms with van der Waals surface area (Å²) in [4.78, 5) is 12.2. The molecule has 3 rings (SSSR count).